The number of fused-ring (bicyclic) bond motifs is 3. The first-order chi connectivity index (χ1) is 16.2. The molecule has 1 N–H and O–H groups in total. The van der Waals surface area contributed by atoms with E-state index in [1.165, 1.54) is 0 Å². The molecule has 1 saturated heterocycles. The Kier molecular flexibility index (Phi) is 5.66. The summed E-state index contributed by atoms with van der Waals surface area (Å²) in [6.07, 6.45) is -0.385. The van der Waals surface area contributed by atoms with Crippen molar-refractivity contribution in [2.75, 3.05) is 33.3 Å². The highest BCUT2D eigenvalue weighted by Crippen LogP contribution is 2.18. The number of piperazine rings is 1. The number of hydrogen-bond acceptors (Lipinski definition) is 7. The molecule has 0 radical (unpaired) electrons. The zero-order valence-corrected chi connectivity index (χ0v) is 18.2. The first-order valence-electron chi connectivity index (χ1n) is 10.8. The van der Waals surface area contributed by atoms with E-state index in [-0.39, 0.29) is 18.3 Å². The number of hydrogen-bond donors (Lipinski definition) is 1. The van der Waals surface area contributed by atoms with Gasteiger partial charge in [-0.25, -0.2) is 4.79 Å². The average Bonchev–Trinajstić information content (AvgIpc) is 3.30. The van der Waals surface area contributed by atoms with Gasteiger partial charge in [-0.15, -0.1) is 10.2 Å². The lowest BCUT2D eigenvalue weighted by molar-refractivity contribution is 0.0895. The number of rotatable bonds is 5. The second kappa shape index (κ2) is 8.91. The van der Waals surface area contributed by atoms with Gasteiger partial charge in [0.25, 0.3) is 5.56 Å². The van der Waals surface area contributed by atoms with Crippen LogP contribution in [-0.4, -0.2) is 63.4 Å². The first-order valence-corrected chi connectivity index (χ1v) is 10.8. The summed E-state index contributed by atoms with van der Waals surface area (Å²) in [5.41, 5.74) is 1.43. The van der Waals surface area contributed by atoms with Crippen molar-refractivity contribution in [3.8, 4) is 5.75 Å². The number of para-hydroxylation sites is 1. The molecule has 2 aromatic carbocycles. The summed E-state index contributed by atoms with van der Waals surface area (Å²) >= 11 is 0. The summed E-state index contributed by atoms with van der Waals surface area (Å²) in [7, 11) is 1.61. The van der Waals surface area contributed by atoms with E-state index in [0.717, 1.165) is 24.4 Å². The van der Waals surface area contributed by atoms with Gasteiger partial charge in [0.1, 0.15) is 5.75 Å². The van der Waals surface area contributed by atoms with Crippen LogP contribution in [0.15, 0.2) is 53.3 Å². The minimum atomic E-state index is -0.385. The van der Waals surface area contributed by atoms with Gasteiger partial charge in [0.2, 0.25) is 5.78 Å². The van der Waals surface area contributed by atoms with Gasteiger partial charge < -0.3 is 19.7 Å². The highest BCUT2D eigenvalue weighted by molar-refractivity contribution is 5.80. The third-order valence-corrected chi connectivity index (χ3v) is 5.77. The SMILES string of the molecule is COc1ccc(Cn2c(=O)c3ccccc3n3c(COC(=O)N4CCNCC4)nnc23)cc1. The number of nitrogens with one attached hydrogen (secondary N) is 1. The summed E-state index contributed by atoms with van der Waals surface area (Å²) in [6, 6.07) is 14.8. The molecule has 3 heterocycles. The number of carbonyl (C=O) groups is 1. The molecule has 33 heavy (non-hydrogen) atoms. The third-order valence-electron chi connectivity index (χ3n) is 5.77. The zero-order chi connectivity index (χ0) is 22.8. The van der Waals surface area contributed by atoms with Gasteiger partial charge in [0.05, 0.1) is 24.6 Å². The standard InChI is InChI=1S/C23H24N6O4/c1-32-17-8-6-16(7-9-17)14-28-21(30)18-4-2-3-5-19(18)29-20(25-26-22(28)29)15-33-23(31)27-12-10-24-11-13-27/h2-9,24H,10-15H2,1H3. The van der Waals surface area contributed by atoms with E-state index < -0.39 is 0 Å². The Morgan fingerprint density at radius 1 is 1.06 bits per heavy atom. The van der Waals surface area contributed by atoms with Gasteiger partial charge >= 0.3 is 6.09 Å². The number of carbonyl (C=O) groups excluding carboxylic acids is 1. The molecule has 10 nitrogen and oxygen atoms in total. The molecule has 1 aliphatic heterocycles. The fourth-order valence-electron chi connectivity index (χ4n) is 4.03. The second-order valence-electron chi connectivity index (χ2n) is 7.80. The summed E-state index contributed by atoms with van der Waals surface area (Å²) in [5, 5.41) is 12.3. The summed E-state index contributed by atoms with van der Waals surface area (Å²) in [5.74, 6) is 1.58. The van der Waals surface area contributed by atoms with Gasteiger partial charge in [-0.1, -0.05) is 24.3 Å². The Hall–Kier alpha value is -3.92. The largest absolute Gasteiger partial charge is 0.497 e. The number of nitrogens with zero attached hydrogens (tertiary/aromatic N) is 5. The molecule has 1 amide bonds. The highest BCUT2D eigenvalue weighted by atomic mass is 16.6. The van der Waals surface area contributed by atoms with Crippen molar-refractivity contribution in [3.05, 3.63) is 70.3 Å². The van der Waals surface area contributed by atoms with Gasteiger partial charge in [0, 0.05) is 26.2 Å². The van der Waals surface area contributed by atoms with Gasteiger partial charge in [-0.2, -0.15) is 0 Å². The van der Waals surface area contributed by atoms with Crippen LogP contribution < -0.4 is 15.6 Å². The highest BCUT2D eigenvalue weighted by Gasteiger charge is 2.21. The Labute approximate surface area is 189 Å². The Bertz CT molecular complexity index is 1360. The van der Waals surface area contributed by atoms with Gasteiger partial charge in [0.15, 0.2) is 12.4 Å². The van der Waals surface area contributed by atoms with Gasteiger partial charge in [-0.3, -0.25) is 13.8 Å². The molecule has 0 atom stereocenters. The molecule has 0 saturated carbocycles. The normalized spacial score (nSPS) is 14.0. The van der Waals surface area contributed by atoms with Crippen LogP contribution in [0.3, 0.4) is 0 Å². The van der Waals surface area contributed by atoms with Crippen LogP contribution >= 0.6 is 0 Å². The molecule has 4 aromatic rings. The van der Waals surface area contributed by atoms with Crippen LogP contribution in [0.4, 0.5) is 4.79 Å². The van der Waals surface area contributed by atoms with Crippen molar-refractivity contribution in [1.29, 1.82) is 0 Å². The van der Waals surface area contributed by atoms with E-state index in [0.29, 0.717) is 42.1 Å². The predicted molar refractivity (Wildman–Crippen MR) is 121 cm³/mol. The molecule has 170 valence electrons. The van der Waals surface area contributed by atoms with E-state index in [9.17, 15) is 9.59 Å². The molecular formula is C23H24N6O4. The van der Waals surface area contributed by atoms with Crippen molar-refractivity contribution in [1.82, 2.24) is 29.4 Å². The average molecular weight is 448 g/mol. The monoisotopic (exact) mass is 448 g/mol. The van der Waals surface area contributed by atoms with Crippen molar-refractivity contribution < 1.29 is 14.3 Å². The quantitative estimate of drug-likeness (QED) is 0.495. The zero-order valence-electron chi connectivity index (χ0n) is 18.2. The summed E-state index contributed by atoms with van der Waals surface area (Å²) < 4.78 is 14.1. The van der Waals surface area contributed by atoms with Crippen LogP contribution in [0.2, 0.25) is 0 Å². The van der Waals surface area contributed by atoms with Crippen molar-refractivity contribution in [2.45, 2.75) is 13.2 Å². The fourth-order valence-corrected chi connectivity index (χ4v) is 4.03. The number of ether oxygens (including phenoxy) is 2. The predicted octanol–water partition coefficient (Wildman–Crippen LogP) is 1.64. The second-order valence-corrected chi connectivity index (χ2v) is 7.80. The maximum atomic E-state index is 13.3. The lowest BCUT2D eigenvalue weighted by atomic mass is 10.2. The maximum absolute atomic E-state index is 13.3. The third kappa shape index (κ3) is 4.00. The number of aromatic nitrogens is 4. The van der Waals surface area contributed by atoms with E-state index >= 15 is 0 Å². The van der Waals surface area contributed by atoms with Crippen LogP contribution in [0.25, 0.3) is 16.7 Å². The molecule has 1 aliphatic rings. The van der Waals surface area contributed by atoms with E-state index in [4.69, 9.17) is 9.47 Å². The molecule has 0 aliphatic carbocycles. The Morgan fingerprint density at radius 3 is 2.58 bits per heavy atom. The smallest absolute Gasteiger partial charge is 0.410 e. The lowest BCUT2D eigenvalue weighted by Crippen LogP contribution is -2.46. The fraction of sp³-hybridized carbons (Fsp3) is 0.304. The minimum absolute atomic E-state index is 0.0470. The van der Waals surface area contributed by atoms with Crippen molar-refractivity contribution in [3.63, 3.8) is 0 Å². The van der Waals surface area contributed by atoms with E-state index in [2.05, 4.69) is 15.5 Å². The van der Waals surface area contributed by atoms with Crippen LogP contribution in [-0.2, 0) is 17.9 Å². The van der Waals surface area contributed by atoms with Gasteiger partial charge in [-0.05, 0) is 29.8 Å². The molecular weight excluding hydrogens is 424 g/mol. The molecule has 1 fully saturated rings. The van der Waals surface area contributed by atoms with Crippen molar-refractivity contribution >= 4 is 22.8 Å². The van der Waals surface area contributed by atoms with Crippen LogP contribution in [0.1, 0.15) is 11.4 Å². The molecule has 0 spiro atoms. The summed E-state index contributed by atoms with van der Waals surface area (Å²) in [6.45, 7) is 2.95. The Balaban J connectivity index is 1.52. The van der Waals surface area contributed by atoms with Crippen LogP contribution in [0, 0.1) is 0 Å². The molecule has 5 rings (SSSR count). The molecule has 0 bridgehead atoms. The van der Waals surface area contributed by atoms with Crippen molar-refractivity contribution in [2.24, 2.45) is 0 Å². The van der Waals surface area contributed by atoms with E-state index in [1.807, 2.05) is 42.5 Å². The maximum Gasteiger partial charge on any atom is 0.410 e. The molecule has 0 unspecified atom stereocenters. The topological polar surface area (TPSA) is 103 Å². The summed E-state index contributed by atoms with van der Waals surface area (Å²) in [4.78, 5) is 27.4. The lowest BCUT2D eigenvalue weighted by Gasteiger charge is -2.26. The number of amides is 1. The number of benzene rings is 2. The number of methoxy groups -OCH3 is 1. The first kappa shape index (κ1) is 21.0. The van der Waals surface area contributed by atoms with E-state index in [1.54, 1.807) is 27.0 Å². The molecule has 2 aromatic heterocycles. The van der Waals surface area contributed by atoms with Crippen LogP contribution in [0.5, 0.6) is 5.75 Å². The molecule has 10 heteroatoms. The minimum Gasteiger partial charge on any atom is -0.497 e. The Morgan fingerprint density at radius 2 is 1.82 bits per heavy atom.